The second-order valence-corrected chi connectivity index (χ2v) is 10.3. The Morgan fingerprint density at radius 2 is 1.73 bits per heavy atom. The van der Waals surface area contributed by atoms with Crippen LogP contribution in [0.25, 0.3) is 11.4 Å². The van der Waals surface area contributed by atoms with Crippen LogP contribution in [0, 0.1) is 11.6 Å². The van der Waals surface area contributed by atoms with Gasteiger partial charge in [-0.1, -0.05) is 18.2 Å². The fraction of sp³-hybridized carbons (Fsp3) is 0.250. The first-order valence-electron chi connectivity index (χ1n) is 13.8. The number of carbonyl (C=O) groups excluding carboxylic acids is 2. The number of benzene rings is 3. The van der Waals surface area contributed by atoms with Crippen molar-refractivity contribution >= 4 is 23.3 Å². The van der Waals surface area contributed by atoms with E-state index in [9.17, 15) is 23.5 Å². The first kappa shape index (κ1) is 30.4. The molecule has 228 valence electrons. The van der Waals surface area contributed by atoms with Gasteiger partial charge in [-0.2, -0.15) is 0 Å². The van der Waals surface area contributed by atoms with Crippen LogP contribution in [0.2, 0.25) is 0 Å². The summed E-state index contributed by atoms with van der Waals surface area (Å²) in [5, 5.41) is 16.4. The predicted octanol–water partition coefficient (Wildman–Crippen LogP) is 4.68. The van der Waals surface area contributed by atoms with Gasteiger partial charge in [0, 0.05) is 23.9 Å². The van der Waals surface area contributed by atoms with Crippen LogP contribution in [0.1, 0.15) is 41.0 Å². The van der Waals surface area contributed by atoms with Gasteiger partial charge in [0.15, 0.2) is 11.4 Å². The van der Waals surface area contributed by atoms with E-state index in [1.807, 2.05) is 0 Å². The predicted molar refractivity (Wildman–Crippen MR) is 158 cm³/mol. The van der Waals surface area contributed by atoms with Crippen LogP contribution in [0.3, 0.4) is 0 Å². The van der Waals surface area contributed by atoms with Gasteiger partial charge in [-0.25, -0.2) is 18.7 Å². The SMILES string of the molecule is CCNC(=O)C(C)(O)c1ccc(Nc2nc(-c3c(F)cccc3F)nc3c2C(=O)N(Cc2ccc(OC)cc2OC)C3)cc1. The minimum atomic E-state index is -1.78. The minimum absolute atomic E-state index is 0.0464. The summed E-state index contributed by atoms with van der Waals surface area (Å²) in [5.74, 6) is -1.71. The molecule has 0 fully saturated rings. The Balaban J connectivity index is 1.52. The quantitative estimate of drug-likeness (QED) is 0.239. The van der Waals surface area contributed by atoms with Crippen LogP contribution in [-0.2, 0) is 23.5 Å². The highest BCUT2D eigenvalue weighted by atomic mass is 19.1. The zero-order valence-electron chi connectivity index (χ0n) is 24.6. The van der Waals surface area contributed by atoms with Gasteiger partial charge >= 0.3 is 0 Å². The van der Waals surface area contributed by atoms with Crippen LogP contribution >= 0.6 is 0 Å². The molecule has 2 amide bonds. The van der Waals surface area contributed by atoms with Crippen molar-refractivity contribution in [3.05, 3.63) is 94.7 Å². The largest absolute Gasteiger partial charge is 0.497 e. The first-order chi connectivity index (χ1) is 21.1. The number of likely N-dealkylation sites (N-methyl/N-ethyl adjacent to an activating group) is 1. The first-order valence-corrected chi connectivity index (χ1v) is 13.8. The van der Waals surface area contributed by atoms with E-state index in [2.05, 4.69) is 20.6 Å². The molecular weight excluding hydrogens is 572 g/mol. The van der Waals surface area contributed by atoms with Gasteiger partial charge in [-0.3, -0.25) is 9.59 Å². The number of aliphatic hydroxyl groups is 1. The van der Waals surface area contributed by atoms with Crippen molar-refractivity contribution in [3.63, 3.8) is 0 Å². The normalized spacial score (nSPS) is 13.7. The lowest BCUT2D eigenvalue weighted by Gasteiger charge is -2.22. The number of amides is 2. The lowest BCUT2D eigenvalue weighted by molar-refractivity contribution is -0.138. The molecule has 3 N–H and O–H groups in total. The molecule has 44 heavy (non-hydrogen) atoms. The number of rotatable bonds is 10. The molecule has 1 aromatic heterocycles. The molecule has 10 nitrogen and oxygen atoms in total. The van der Waals surface area contributed by atoms with E-state index in [0.717, 1.165) is 12.1 Å². The molecule has 0 saturated carbocycles. The van der Waals surface area contributed by atoms with E-state index in [-0.39, 0.29) is 36.0 Å². The van der Waals surface area contributed by atoms with Crippen LogP contribution < -0.4 is 20.1 Å². The third-order valence-electron chi connectivity index (χ3n) is 7.36. The number of methoxy groups -OCH3 is 2. The Hall–Kier alpha value is -5.10. The van der Waals surface area contributed by atoms with Crippen molar-refractivity contribution in [1.82, 2.24) is 20.2 Å². The molecule has 12 heteroatoms. The van der Waals surface area contributed by atoms with E-state index < -0.39 is 34.6 Å². The summed E-state index contributed by atoms with van der Waals surface area (Å²) in [5.41, 5.74) is -0.262. The Morgan fingerprint density at radius 3 is 2.36 bits per heavy atom. The average Bonchev–Trinajstić information content (AvgIpc) is 3.32. The van der Waals surface area contributed by atoms with Crippen molar-refractivity contribution in [2.75, 3.05) is 26.1 Å². The van der Waals surface area contributed by atoms with Crippen molar-refractivity contribution in [2.24, 2.45) is 0 Å². The summed E-state index contributed by atoms with van der Waals surface area (Å²) >= 11 is 0. The monoisotopic (exact) mass is 603 g/mol. The number of aromatic nitrogens is 2. The van der Waals surface area contributed by atoms with Crippen molar-refractivity contribution in [2.45, 2.75) is 32.5 Å². The highest BCUT2D eigenvalue weighted by molar-refractivity contribution is 6.03. The van der Waals surface area contributed by atoms with Crippen molar-refractivity contribution in [1.29, 1.82) is 0 Å². The number of halogens is 2. The van der Waals surface area contributed by atoms with Gasteiger partial charge in [-0.15, -0.1) is 0 Å². The number of hydrogen-bond acceptors (Lipinski definition) is 8. The third kappa shape index (κ3) is 5.76. The van der Waals surface area contributed by atoms with Crippen LogP contribution in [-0.4, -0.2) is 52.6 Å². The topological polar surface area (TPSA) is 126 Å². The fourth-order valence-corrected chi connectivity index (χ4v) is 4.97. The number of nitrogens with zero attached hydrogens (tertiary/aromatic N) is 3. The molecule has 0 aliphatic carbocycles. The molecule has 0 bridgehead atoms. The minimum Gasteiger partial charge on any atom is -0.497 e. The average molecular weight is 604 g/mol. The summed E-state index contributed by atoms with van der Waals surface area (Å²) in [7, 11) is 3.06. The molecule has 5 rings (SSSR count). The van der Waals surface area contributed by atoms with Crippen LogP contribution in [0.15, 0.2) is 60.7 Å². The summed E-state index contributed by atoms with van der Waals surface area (Å²) in [6.07, 6.45) is 0. The molecule has 0 spiro atoms. The highest BCUT2D eigenvalue weighted by Crippen LogP contribution is 2.35. The summed E-state index contributed by atoms with van der Waals surface area (Å²) in [4.78, 5) is 36.5. The summed E-state index contributed by atoms with van der Waals surface area (Å²) in [6.45, 7) is 3.71. The van der Waals surface area contributed by atoms with E-state index >= 15 is 0 Å². The van der Waals surface area contributed by atoms with E-state index in [4.69, 9.17) is 9.47 Å². The molecule has 3 aromatic carbocycles. The molecule has 4 aromatic rings. The lowest BCUT2D eigenvalue weighted by atomic mass is 9.95. The Labute approximate surface area is 252 Å². The molecule has 1 aliphatic rings. The molecule has 1 atom stereocenters. The van der Waals surface area contributed by atoms with Gasteiger partial charge in [-0.05, 0) is 55.8 Å². The van der Waals surface area contributed by atoms with E-state index in [0.29, 0.717) is 34.9 Å². The number of hydrogen-bond donors (Lipinski definition) is 3. The molecule has 1 aliphatic heterocycles. The standard InChI is InChI=1S/C32H31F2N5O5/c1-5-35-31(41)32(2,42)19-10-12-20(13-11-19)36-29-27-24(37-28(38-29)26-22(33)7-6-8-23(26)34)17-39(30(27)40)16-18-9-14-21(43-3)15-25(18)44-4/h6-15,42H,5,16-17H2,1-4H3,(H,35,41)(H,36,37,38). The molecular formula is C32H31F2N5O5. The molecule has 1 unspecified atom stereocenters. The number of ether oxygens (including phenoxy) is 2. The van der Waals surface area contributed by atoms with Gasteiger partial charge in [0.1, 0.15) is 34.5 Å². The van der Waals surface area contributed by atoms with Crippen molar-refractivity contribution in [3.8, 4) is 22.9 Å². The van der Waals surface area contributed by atoms with E-state index in [1.165, 1.54) is 32.1 Å². The number of nitrogens with one attached hydrogen (secondary N) is 2. The van der Waals surface area contributed by atoms with Crippen LogP contribution in [0.4, 0.5) is 20.3 Å². The maximum atomic E-state index is 14.8. The number of anilines is 2. The zero-order chi connectivity index (χ0) is 31.6. The van der Waals surface area contributed by atoms with Gasteiger partial charge < -0.3 is 30.1 Å². The Bertz CT molecular complexity index is 1710. The van der Waals surface area contributed by atoms with E-state index in [1.54, 1.807) is 49.4 Å². The molecule has 2 heterocycles. The smallest absolute Gasteiger partial charge is 0.260 e. The number of carbonyl (C=O) groups is 2. The van der Waals surface area contributed by atoms with Crippen LogP contribution in [0.5, 0.6) is 11.5 Å². The second-order valence-electron chi connectivity index (χ2n) is 10.3. The van der Waals surface area contributed by atoms with Crippen molar-refractivity contribution < 1.29 is 33.0 Å². The van der Waals surface area contributed by atoms with Gasteiger partial charge in [0.25, 0.3) is 11.8 Å². The Morgan fingerprint density at radius 1 is 1.02 bits per heavy atom. The summed E-state index contributed by atoms with van der Waals surface area (Å²) in [6, 6.07) is 15.0. The second kappa shape index (κ2) is 12.3. The lowest BCUT2D eigenvalue weighted by Crippen LogP contribution is -2.42. The Kier molecular flexibility index (Phi) is 8.45. The summed E-state index contributed by atoms with van der Waals surface area (Å²) < 4.78 is 40.4. The van der Waals surface area contributed by atoms with Gasteiger partial charge in [0.05, 0.1) is 38.6 Å². The number of fused-ring (bicyclic) bond motifs is 1. The third-order valence-corrected chi connectivity index (χ3v) is 7.36. The molecule has 0 saturated heterocycles. The maximum Gasteiger partial charge on any atom is 0.260 e. The zero-order valence-corrected chi connectivity index (χ0v) is 24.6. The fourth-order valence-electron chi connectivity index (χ4n) is 4.97. The molecule has 0 radical (unpaired) electrons. The van der Waals surface area contributed by atoms with Gasteiger partial charge in [0.2, 0.25) is 0 Å². The maximum absolute atomic E-state index is 14.8. The highest BCUT2D eigenvalue weighted by Gasteiger charge is 2.35.